The number of aliphatic hydroxyl groups is 2. The second kappa shape index (κ2) is 13.0. The van der Waals surface area contributed by atoms with E-state index < -0.39 is 23.0 Å². The third-order valence-corrected chi connectivity index (χ3v) is 4.93. The molecule has 6 heteroatoms. The Bertz CT molecular complexity index is 620. The van der Waals surface area contributed by atoms with Crippen molar-refractivity contribution < 1.29 is 53.8 Å². The van der Waals surface area contributed by atoms with Gasteiger partial charge in [-0.15, -0.1) is 13.2 Å². The van der Waals surface area contributed by atoms with E-state index >= 15 is 0 Å². The Morgan fingerprint density at radius 3 is 1.36 bits per heavy atom. The van der Waals surface area contributed by atoms with Gasteiger partial charge < -0.3 is 44.2 Å². The summed E-state index contributed by atoms with van der Waals surface area (Å²) in [5.41, 5.74) is -1.56. The molecule has 0 aliphatic heterocycles. The molecule has 4 unspecified atom stereocenters. The van der Waals surface area contributed by atoms with Gasteiger partial charge in [0.2, 0.25) is 0 Å². The third-order valence-electron chi connectivity index (χ3n) is 4.93. The lowest BCUT2D eigenvalue weighted by Gasteiger charge is -2.32. The van der Waals surface area contributed by atoms with Crippen molar-refractivity contribution in [1.29, 1.82) is 0 Å². The highest BCUT2D eigenvalue weighted by Crippen LogP contribution is 2.34. The summed E-state index contributed by atoms with van der Waals surface area (Å²) < 4.78 is 0. The summed E-state index contributed by atoms with van der Waals surface area (Å²) in [5, 5.41) is 19.4. The van der Waals surface area contributed by atoms with Crippen molar-refractivity contribution in [3.8, 4) is 0 Å². The van der Waals surface area contributed by atoms with Crippen LogP contribution in [0.25, 0.3) is 0 Å². The van der Waals surface area contributed by atoms with Crippen LogP contribution in [0.1, 0.15) is 26.7 Å². The molecule has 28 heavy (non-hydrogen) atoms. The van der Waals surface area contributed by atoms with Crippen LogP contribution >= 0.6 is 0 Å². The summed E-state index contributed by atoms with van der Waals surface area (Å²) in [5.74, 6) is -0.0546. The molecule has 156 valence electrons. The van der Waals surface area contributed by atoms with Gasteiger partial charge in [0.15, 0.2) is 0 Å². The van der Waals surface area contributed by atoms with Crippen LogP contribution in [0.5, 0.6) is 0 Å². The van der Waals surface area contributed by atoms with Crippen molar-refractivity contribution in [3.05, 3.63) is 73.9 Å². The lowest BCUT2D eigenvalue weighted by molar-refractivity contribution is -0.128. The quantitative estimate of drug-likeness (QED) is 0.376. The fourth-order valence-electron chi connectivity index (χ4n) is 3.13. The van der Waals surface area contributed by atoms with E-state index in [4.69, 9.17) is 0 Å². The highest BCUT2D eigenvalue weighted by Gasteiger charge is 2.39. The Kier molecular flexibility index (Phi) is 13.4. The molecule has 0 spiro atoms. The SMILES string of the molecule is C=CCC1(C(C)=O)C=CC=CC1O.C=CCC1(C(C)=O)C=CC=CC1O.[Br-].[Br-]. The van der Waals surface area contributed by atoms with E-state index in [1.807, 2.05) is 0 Å². The maximum absolute atomic E-state index is 11.4. The molecular weight excluding hydrogens is 488 g/mol. The summed E-state index contributed by atoms with van der Waals surface area (Å²) in [6, 6.07) is 0. The van der Waals surface area contributed by atoms with E-state index in [2.05, 4.69) is 13.2 Å². The van der Waals surface area contributed by atoms with E-state index in [9.17, 15) is 19.8 Å². The molecule has 0 saturated heterocycles. The molecule has 0 aromatic heterocycles. The normalized spacial score (nSPS) is 29.4. The average Bonchev–Trinajstić information content (AvgIpc) is 2.59. The zero-order chi connectivity index (χ0) is 19.8. The molecule has 0 amide bonds. The summed E-state index contributed by atoms with van der Waals surface area (Å²) in [4.78, 5) is 22.9. The summed E-state index contributed by atoms with van der Waals surface area (Å²) >= 11 is 0. The lowest BCUT2D eigenvalue weighted by atomic mass is 9.73. The van der Waals surface area contributed by atoms with Crippen molar-refractivity contribution in [2.45, 2.75) is 38.9 Å². The lowest BCUT2D eigenvalue weighted by Crippen LogP contribution is -3.00. The molecule has 2 aliphatic carbocycles. The largest absolute Gasteiger partial charge is 1.00 e. The fourth-order valence-corrected chi connectivity index (χ4v) is 3.13. The van der Waals surface area contributed by atoms with Gasteiger partial charge in [0.1, 0.15) is 11.6 Å². The van der Waals surface area contributed by atoms with Crippen LogP contribution in [-0.2, 0) is 9.59 Å². The molecule has 0 aromatic carbocycles. The monoisotopic (exact) mass is 514 g/mol. The van der Waals surface area contributed by atoms with Gasteiger partial charge in [0, 0.05) is 0 Å². The van der Waals surface area contributed by atoms with Crippen LogP contribution in [0, 0.1) is 10.8 Å². The van der Waals surface area contributed by atoms with Gasteiger partial charge in [0.05, 0.1) is 23.0 Å². The molecular formula is C22H28Br2O4-2. The van der Waals surface area contributed by atoms with Crippen LogP contribution in [0.15, 0.2) is 73.9 Å². The number of allylic oxidation sites excluding steroid dienone is 6. The van der Waals surface area contributed by atoms with Gasteiger partial charge >= 0.3 is 0 Å². The minimum Gasteiger partial charge on any atom is -1.00 e. The summed E-state index contributed by atoms with van der Waals surface area (Å²) in [6.07, 6.45) is 16.6. The highest BCUT2D eigenvalue weighted by atomic mass is 79.9. The zero-order valence-corrected chi connectivity index (χ0v) is 19.4. The molecule has 0 aromatic rings. The Morgan fingerprint density at radius 2 is 1.14 bits per heavy atom. The Hall–Kier alpha value is -1.34. The summed E-state index contributed by atoms with van der Waals surface area (Å²) in [6.45, 7) is 10.2. The Morgan fingerprint density at radius 1 is 0.821 bits per heavy atom. The number of ketones is 2. The average molecular weight is 516 g/mol. The van der Waals surface area contributed by atoms with Crippen molar-refractivity contribution in [2.75, 3.05) is 0 Å². The van der Waals surface area contributed by atoms with Crippen molar-refractivity contribution in [1.82, 2.24) is 0 Å². The number of carbonyl (C=O) groups excluding carboxylic acids is 2. The predicted octanol–water partition coefficient (Wildman–Crippen LogP) is -2.74. The van der Waals surface area contributed by atoms with E-state index in [0.717, 1.165) is 0 Å². The van der Waals surface area contributed by atoms with Crippen LogP contribution in [0.3, 0.4) is 0 Å². The Balaban J connectivity index is 0. The first-order valence-corrected chi connectivity index (χ1v) is 8.59. The molecule has 0 saturated carbocycles. The first-order valence-electron chi connectivity index (χ1n) is 8.59. The van der Waals surface area contributed by atoms with E-state index in [1.54, 1.807) is 60.8 Å². The molecule has 0 radical (unpaired) electrons. The van der Waals surface area contributed by atoms with Crippen LogP contribution in [0.2, 0.25) is 0 Å². The molecule has 4 nitrogen and oxygen atoms in total. The molecule has 0 fully saturated rings. The molecule has 2 rings (SSSR count). The topological polar surface area (TPSA) is 74.6 Å². The first-order chi connectivity index (χ1) is 12.3. The van der Waals surface area contributed by atoms with Crippen molar-refractivity contribution >= 4 is 11.6 Å². The van der Waals surface area contributed by atoms with E-state index in [1.165, 1.54) is 13.8 Å². The standard InChI is InChI=1S/2C11H14O2.2BrH/c2*1-3-7-11(9(2)12)8-5-4-6-10(11)13;;/h2*3-6,8,10,13H,1,7H2,2H3;2*1H/p-2. The molecule has 2 N–H and O–H groups in total. The number of hydrogen-bond acceptors (Lipinski definition) is 4. The molecule has 4 atom stereocenters. The maximum atomic E-state index is 11.4. The maximum Gasteiger partial charge on any atom is 0.142 e. The van der Waals surface area contributed by atoms with Crippen LogP contribution in [-0.4, -0.2) is 34.0 Å². The molecule has 2 aliphatic rings. The number of rotatable bonds is 6. The number of halogens is 2. The second-order valence-corrected chi connectivity index (χ2v) is 6.56. The van der Waals surface area contributed by atoms with Gasteiger partial charge in [-0.1, -0.05) is 60.8 Å². The summed E-state index contributed by atoms with van der Waals surface area (Å²) in [7, 11) is 0. The molecule has 0 bridgehead atoms. The van der Waals surface area contributed by atoms with Gasteiger partial charge in [-0.3, -0.25) is 9.59 Å². The predicted molar refractivity (Wildman–Crippen MR) is 104 cm³/mol. The number of Topliss-reactive ketones (excluding diaryl/α,β-unsaturated/α-hetero) is 2. The van der Waals surface area contributed by atoms with E-state index in [-0.39, 0.29) is 45.5 Å². The third kappa shape index (κ3) is 6.34. The van der Waals surface area contributed by atoms with Gasteiger partial charge in [-0.2, -0.15) is 0 Å². The van der Waals surface area contributed by atoms with Crippen molar-refractivity contribution in [3.63, 3.8) is 0 Å². The smallest absolute Gasteiger partial charge is 0.142 e. The first kappa shape index (κ1) is 28.9. The van der Waals surface area contributed by atoms with Crippen molar-refractivity contribution in [2.24, 2.45) is 10.8 Å². The highest BCUT2D eigenvalue weighted by molar-refractivity contribution is 5.86. The van der Waals surface area contributed by atoms with Crippen LogP contribution < -0.4 is 34.0 Å². The number of aliphatic hydroxyl groups excluding tert-OH is 2. The second-order valence-electron chi connectivity index (χ2n) is 6.56. The minimum absolute atomic E-state index is 0. The van der Waals surface area contributed by atoms with Gasteiger partial charge in [0.25, 0.3) is 0 Å². The van der Waals surface area contributed by atoms with Gasteiger partial charge in [-0.25, -0.2) is 0 Å². The minimum atomic E-state index is -0.781. The van der Waals surface area contributed by atoms with E-state index in [0.29, 0.717) is 12.8 Å². The molecule has 0 heterocycles. The zero-order valence-electron chi connectivity index (χ0n) is 16.2. The van der Waals surface area contributed by atoms with Crippen LogP contribution in [0.4, 0.5) is 0 Å². The number of hydrogen-bond donors (Lipinski definition) is 2. The van der Waals surface area contributed by atoms with Gasteiger partial charge in [-0.05, 0) is 26.7 Å². The Labute approximate surface area is 188 Å². The number of carbonyl (C=O) groups is 2. The fraction of sp³-hybridized carbons (Fsp3) is 0.364.